The number of hydrogen-bond acceptors (Lipinski definition) is 5. The molecule has 3 heterocycles. The van der Waals surface area contributed by atoms with E-state index in [1.807, 2.05) is 0 Å². The summed E-state index contributed by atoms with van der Waals surface area (Å²) < 4.78 is 14.3. The van der Waals surface area contributed by atoms with Gasteiger partial charge in [-0.05, 0) is 94.0 Å². The number of nitrogens with zero attached hydrogens (tertiary/aromatic N) is 2. The van der Waals surface area contributed by atoms with Gasteiger partial charge in [0.05, 0.1) is 10.2 Å². The van der Waals surface area contributed by atoms with Crippen molar-refractivity contribution in [2.45, 2.75) is 0 Å². The van der Waals surface area contributed by atoms with Crippen molar-refractivity contribution in [2.24, 2.45) is 0 Å². The van der Waals surface area contributed by atoms with Crippen LogP contribution in [-0.4, -0.2) is 4.98 Å². The molecule has 56 heavy (non-hydrogen) atoms. The number of aromatic nitrogens is 1. The molecule has 0 aliphatic heterocycles. The van der Waals surface area contributed by atoms with Gasteiger partial charge in [-0.15, -0.1) is 11.3 Å². The van der Waals surface area contributed by atoms with Crippen molar-refractivity contribution >= 4 is 104 Å². The fourth-order valence-electron chi connectivity index (χ4n) is 8.40. The molecule has 0 saturated carbocycles. The fraction of sp³-hybridized carbons (Fsp3) is 0. The first kappa shape index (κ1) is 31.2. The molecule has 12 rings (SSSR count). The van der Waals surface area contributed by atoms with E-state index in [-0.39, 0.29) is 0 Å². The molecule has 262 valence electrons. The molecule has 5 heteroatoms. The summed E-state index contributed by atoms with van der Waals surface area (Å²) in [7, 11) is 0. The van der Waals surface area contributed by atoms with Gasteiger partial charge in [0.15, 0.2) is 0 Å². The van der Waals surface area contributed by atoms with Crippen LogP contribution in [-0.2, 0) is 0 Å². The van der Waals surface area contributed by atoms with Crippen LogP contribution in [0.2, 0.25) is 0 Å². The van der Waals surface area contributed by atoms with Crippen molar-refractivity contribution in [3.8, 4) is 21.7 Å². The van der Waals surface area contributed by atoms with Crippen LogP contribution in [0.1, 0.15) is 0 Å². The largest absolute Gasteiger partial charge is 0.456 e. The van der Waals surface area contributed by atoms with E-state index in [9.17, 15) is 0 Å². The molecule has 0 amide bonds. The third-order valence-electron chi connectivity index (χ3n) is 11.0. The first-order chi connectivity index (χ1) is 27.7. The van der Waals surface area contributed by atoms with Crippen molar-refractivity contribution in [3.63, 3.8) is 0 Å². The van der Waals surface area contributed by atoms with E-state index in [4.69, 9.17) is 13.8 Å². The van der Waals surface area contributed by atoms with Crippen LogP contribution in [0.5, 0.6) is 0 Å². The van der Waals surface area contributed by atoms with Crippen LogP contribution in [0, 0.1) is 0 Å². The maximum atomic E-state index is 6.71. The van der Waals surface area contributed by atoms with Crippen molar-refractivity contribution in [1.29, 1.82) is 0 Å². The molecule has 0 spiro atoms. The number of fused-ring (bicyclic) bond motifs is 10. The molecule has 0 fully saturated rings. The highest BCUT2D eigenvalue weighted by atomic mass is 32.1. The molecule has 0 N–H and O–H groups in total. The second-order valence-electron chi connectivity index (χ2n) is 14.3. The van der Waals surface area contributed by atoms with Gasteiger partial charge in [0.25, 0.3) is 0 Å². The van der Waals surface area contributed by atoms with E-state index in [0.29, 0.717) is 0 Å². The second kappa shape index (κ2) is 12.2. The Morgan fingerprint density at radius 3 is 2.02 bits per heavy atom. The number of benzene rings is 9. The number of rotatable bonds is 5. The van der Waals surface area contributed by atoms with Crippen molar-refractivity contribution in [2.75, 3.05) is 4.90 Å². The van der Waals surface area contributed by atoms with Crippen molar-refractivity contribution in [1.82, 2.24) is 4.98 Å². The topological polar surface area (TPSA) is 42.4 Å². The molecule has 9 aromatic carbocycles. The molecule has 0 unspecified atom stereocenters. The van der Waals surface area contributed by atoms with E-state index in [1.165, 1.54) is 26.4 Å². The second-order valence-corrected chi connectivity index (χ2v) is 15.4. The Balaban J connectivity index is 1.04. The van der Waals surface area contributed by atoms with Crippen LogP contribution in [0.25, 0.3) is 97.3 Å². The predicted octanol–water partition coefficient (Wildman–Crippen LogP) is 15.2. The fourth-order valence-corrected chi connectivity index (χ4v) is 9.41. The van der Waals surface area contributed by atoms with Gasteiger partial charge < -0.3 is 13.7 Å². The molecule has 0 aliphatic rings. The summed E-state index contributed by atoms with van der Waals surface area (Å²) in [5, 5.41) is 10.0. The minimum absolute atomic E-state index is 0.821. The molecule has 0 aliphatic carbocycles. The van der Waals surface area contributed by atoms with E-state index >= 15 is 0 Å². The SMILES string of the molecule is c1ccc(-c2cccc(N(c3ccc4c(c3)oc3cccc(-c5nc6c(ccc7ccccc76)s5)c34)c3ccc4oc5cc6ccccc6cc5c4c3)c2)cc1. The molecule has 0 atom stereocenters. The minimum atomic E-state index is 0.821. The van der Waals surface area contributed by atoms with Gasteiger partial charge in [0.2, 0.25) is 0 Å². The first-order valence-electron chi connectivity index (χ1n) is 18.8. The van der Waals surface area contributed by atoms with Crippen LogP contribution in [0.15, 0.2) is 191 Å². The maximum absolute atomic E-state index is 6.71. The van der Waals surface area contributed by atoms with Gasteiger partial charge in [-0.25, -0.2) is 4.98 Å². The summed E-state index contributed by atoms with van der Waals surface area (Å²) in [6.07, 6.45) is 0. The molecule has 4 nitrogen and oxygen atoms in total. The lowest BCUT2D eigenvalue weighted by Gasteiger charge is -2.26. The zero-order chi connectivity index (χ0) is 36.7. The zero-order valence-electron chi connectivity index (χ0n) is 29.9. The van der Waals surface area contributed by atoms with Gasteiger partial charge in [0, 0.05) is 55.6 Å². The smallest absolute Gasteiger partial charge is 0.137 e. The van der Waals surface area contributed by atoms with E-state index in [1.54, 1.807) is 11.3 Å². The minimum Gasteiger partial charge on any atom is -0.456 e. The van der Waals surface area contributed by atoms with Crippen LogP contribution in [0.3, 0.4) is 0 Å². The molecule has 3 aromatic heterocycles. The third-order valence-corrected chi connectivity index (χ3v) is 12.1. The maximum Gasteiger partial charge on any atom is 0.137 e. The number of hydrogen-bond donors (Lipinski definition) is 0. The van der Waals surface area contributed by atoms with Gasteiger partial charge >= 0.3 is 0 Å². The Hall–Kier alpha value is -7.21. The quantitative estimate of drug-likeness (QED) is 0.177. The van der Waals surface area contributed by atoms with Gasteiger partial charge in [-0.2, -0.15) is 0 Å². The molecule has 0 saturated heterocycles. The lowest BCUT2D eigenvalue weighted by molar-refractivity contribution is 0.668. The van der Waals surface area contributed by atoms with Crippen molar-refractivity contribution in [3.05, 3.63) is 182 Å². The van der Waals surface area contributed by atoms with Crippen LogP contribution >= 0.6 is 11.3 Å². The highest BCUT2D eigenvalue weighted by Gasteiger charge is 2.21. The van der Waals surface area contributed by atoms with Gasteiger partial charge in [-0.3, -0.25) is 0 Å². The zero-order valence-corrected chi connectivity index (χ0v) is 30.8. The lowest BCUT2D eigenvalue weighted by atomic mass is 10.0. The standard InChI is InChI=1S/C51H30N2O2S/c1-2-10-31(11-3-1)33-15-8-16-36(26-33)53(37-22-24-44-43(29-37)42-27-34-13-4-5-14-35(34)28-46(42)54-44)38-21-23-40-47(30-38)55-45-19-9-18-41(49(40)45)51-52-50-39-17-7-6-12-32(39)20-25-48(50)56-51/h1-30H. The Kier molecular flexibility index (Phi) is 6.76. The Bertz CT molecular complexity index is 3500. The summed E-state index contributed by atoms with van der Waals surface area (Å²) in [6.45, 7) is 0. The number of thiazole rings is 1. The Labute approximate surface area is 325 Å². The van der Waals surface area contributed by atoms with Crippen LogP contribution < -0.4 is 4.90 Å². The van der Waals surface area contributed by atoms with Gasteiger partial charge in [-0.1, -0.05) is 109 Å². The summed E-state index contributed by atoms with van der Waals surface area (Å²) in [4.78, 5) is 7.54. The highest BCUT2D eigenvalue weighted by Crippen LogP contribution is 2.45. The summed E-state index contributed by atoms with van der Waals surface area (Å²) in [5.74, 6) is 0. The summed E-state index contributed by atoms with van der Waals surface area (Å²) >= 11 is 1.73. The molecular weight excluding hydrogens is 705 g/mol. The number of anilines is 3. The third kappa shape index (κ3) is 4.88. The summed E-state index contributed by atoms with van der Waals surface area (Å²) in [6, 6.07) is 64.3. The predicted molar refractivity (Wildman–Crippen MR) is 235 cm³/mol. The number of furan rings is 2. The monoisotopic (exact) mass is 734 g/mol. The van der Waals surface area contributed by atoms with E-state index in [2.05, 4.69) is 187 Å². The Morgan fingerprint density at radius 1 is 0.411 bits per heavy atom. The summed E-state index contributed by atoms with van der Waals surface area (Å²) in [5.41, 5.74) is 10.9. The normalized spacial score (nSPS) is 11.9. The highest BCUT2D eigenvalue weighted by molar-refractivity contribution is 7.21. The lowest BCUT2D eigenvalue weighted by Crippen LogP contribution is -2.10. The van der Waals surface area contributed by atoms with Gasteiger partial charge in [0.1, 0.15) is 27.3 Å². The molecule has 0 radical (unpaired) electrons. The van der Waals surface area contributed by atoms with Crippen LogP contribution in [0.4, 0.5) is 17.1 Å². The first-order valence-corrected chi connectivity index (χ1v) is 19.6. The van der Waals surface area contributed by atoms with Crippen molar-refractivity contribution < 1.29 is 8.83 Å². The molecular formula is C51H30N2O2S. The Morgan fingerprint density at radius 2 is 1.11 bits per heavy atom. The van der Waals surface area contributed by atoms with E-state index < -0.39 is 0 Å². The average molecular weight is 735 g/mol. The molecule has 0 bridgehead atoms. The van der Waals surface area contributed by atoms with E-state index in [0.717, 1.165) is 88.0 Å². The molecule has 12 aromatic rings. The average Bonchev–Trinajstić information content (AvgIpc) is 3.96.